The highest BCUT2D eigenvalue weighted by Crippen LogP contribution is 2.32. The van der Waals surface area contributed by atoms with Crippen LogP contribution >= 0.6 is 11.6 Å². The monoisotopic (exact) mass is 313 g/mol. The van der Waals surface area contributed by atoms with E-state index in [-0.39, 0.29) is 6.04 Å². The number of hydrogen-bond donors (Lipinski definition) is 1. The van der Waals surface area contributed by atoms with Crippen LogP contribution in [0.1, 0.15) is 29.7 Å². The summed E-state index contributed by atoms with van der Waals surface area (Å²) in [5.41, 5.74) is 1.64. The summed E-state index contributed by atoms with van der Waals surface area (Å²) in [4.78, 5) is 0. The first kappa shape index (κ1) is 15.7. The van der Waals surface area contributed by atoms with Crippen molar-refractivity contribution < 1.29 is 13.2 Å². The van der Waals surface area contributed by atoms with Gasteiger partial charge in [0.15, 0.2) is 0 Å². The Labute approximate surface area is 126 Å². The van der Waals surface area contributed by atoms with Gasteiger partial charge in [-0.15, -0.1) is 0 Å². The molecule has 112 valence electrons. The SMILES string of the molecule is Cc1ccc(Cl)c(NC(C)c2cccc(C(F)(F)F)c2)c1. The number of rotatable bonds is 3. The molecule has 0 amide bonds. The summed E-state index contributed by atoms with van der Waals surface area (Å²) in [5, 5.41) is 3.69. The van der Waals surface area contributed by atoms with Crippen LogP contribution in [0.4, 0.5) is 18.9 Å². The topological polar surface area (TPSA) is 12.0 Å². The van der Waals surface area contributed by atoms with Gasteiger partial charge in [-0.2, -0.15) is 13.2 Å². The Bertz CT molecular complexity index is 638. The van der Waals surface area contributed by atoms with Crippen molar-refractivity contribution in [3.05, 3.63) is 64.2 Å². The molecule has 0 spiro atoms. The van der Waals surface area contributed by atoms with E-state index in [2.05, 4.69) is 5.32 Å². The van der Waals surface area contributed by atoms with Gasteiger partial charge in [-0.05, 0) is 49.2 Å². The van der Waals surface area contributed by atoms with Crippen molar-refractivity contribution in [2.75, 3.05) is 5.32 Å². The number of halogens is 4. The molecule has 1 N–H and O–H groups in total. The van der Waals surface area contributed by atoms with Crippen LogP contribution in [0.3, 0.4) is 0 Å². The van der Waals surface area contributed by atoms with Gasteiger partial charge in [-0.1, -0.05) is 29.8 Å². The lowest BCUT2D eigenvalue weighted by atomic mass is 10.0. The predicted molar refractivity (Wildman–Crippen MR) is 79.7 cm³/mol. The third-order valence-electron chi connectivity index (χ3n) is 3.21. The minimum absolute atomic E-state index is 0.286. The molecule has 0 aromatic heterocycles. The lowest BCUT2D eigenvalue weighted by Crippen LogP contribution is -2.10. The maximum Gasteiger partial charge on any atom is 0.416 e. The van der Waals surface area contributed by atoms with Gasteiger partial charge in [0.1, 0.15) is 0 Å². The van der Waals surface area contributed by atoms with Crippen molar-refractivity contribution in [2.45, 2.75) is 26.1 Å². The fourth-order valence-electron chi connectivity index (χ4n) is 2.05. The molecule has 2 rings (SSSR count). The summed E-state index contributed by atoms with van der Waals surface area (Å²) in [7, 11) is 0. The second kappa shape index (κ2) is 5.98. The summed E-state index contributed by atoms with van der Waals surface area (Å²) >= 11 is 6.09. The van der Waals surface area contributed by atoms with Gasteiger partial charge >= 0.3 is 6.18 Å². The van der Waals surface area contributed by atoms with Gasteiger partial charge in [-0.25, -0.2) is 0 Å². The predicted octanol–water partition coefficient (Wildman–Crippen LogP) is 5.84. The summed E-state index contributed by atoms with van der Waals surface area (Å²) in [6.45, 7) is 3.73. The molecule has 0 bridgehead atoms. The summed E-state index contributed by atoms with van der Waals surface area (Å²) in [6.07, 6.45) is -4.34. The van der Waals surface area contributed by atoms with E-state index in [1.165, 1.54) is 6.07 Å². The standard InChI is InChI=1S/C16H15ClF3N/c1-10-6-7-14(17)15(8-10)21-11(2)12-4-3-5-13(9-12)16(18,19)20/h3-9,11,21H,1-2H3. The Morgan fingerprint density at radius 2 is 1.81 bits per heavy atom. The van der Waals surface area contributed by atoms with Crippen molar-refractivity contribution in [2.24, 2.45) is 0 Å². The zero-order valence-electron chi connectivity index (χ0n) is 11.6. The second-order valence-electron chi connectivity index (χ2n) is 4.97. The number of aryl methyl sites for hydroxylation is 1. The Hall–Kier alpha value is -1.68. The van der Waals surface area contributed by atoms with Crippen LogP contribution in [0.15, 0.2) is 42.5 Å². The lowest BCUT2D eigenvalue weighted by Gasteiger charge is -2.18. The molecule has 0 aliphatic carbocycles. The van der Waals surface area contributed by atoms with Gasteiger partial charge in [0, 0.05) is 6.04 Å². The third-order valence-corrected chi connectivity index (χ3v) is 3.54. The fourth-order valence-corrected chi connectivity index (χ4v) is 2.22. The highest BCUT2D eigenvalue weighted by molar-refractivity contribution is 6.33. The van der Waals surface area contributed by atoms with E-state index in [1.807, 2.05) is 19.1 Å². The Morgan fingerprint density at radius 1 is 1.10 bits per heavy atom. The molecule has 0 fully saturated rings. The third kappa shape index (κ3) is 3.91. The summed E-state index contributed by atoms with van der Waals surface area (Å²) in [5.74, 6) is 0. The minimum atomic E-state index is -4.34. The highest BCUT2D eigenvalue weighted by Gasteiger charge is 2.30. The first-order valence-corrected chi connectivity index (χ1v) is 6.85. The maximum atomic E-state index is 12.7. The van der Waals surface area contributed by atoms with E-state index in [0.29, 0.717) is 16.3 Å². The van der Waals surface area contributed by atoms with Gasteiger partial charge in [0.2, 0.25) is 0 Å². The number of benzene rings is 2. The number of hydrogen-bond acceptors (Lipinski definition) is 1. The van der Waals surface area contributed by atoms with E-state index < -0.39 is 11.7 Å². The van der Waals surface area contributed by atoms with Crippen molar-refractivity contribution in [3.8, 4) is 0 Å². The van der Waals surface area contributed by atoms with E-state index in [1.54, 1.807) is 19.1 Å². The normalized spacial score (nSPS) is 13.0. The molecule has 2 aromatic carbocycles. The smallest absolute Gasteiger partial charge is 0.377 e. The maximum absolute atomic E-state index is 12.7. The molecule has 0 saturated heterocycles. The molecule has 0 saturated carbocycles. The summed E-state index contributed by atoms with van der Waals surface area (Å²) in [6, 6.07) is 10.5. The van der Waals surface area contributed by atoms with Crippen LogP contribution in [-0.2, 0) is 6.18 Å². The average Bonchev–Trinajstić information content (AvgIpc) is 2.42. The van der Waals surface area contributed by atoms with Crippen LogP contribution in [0.25, 0.3) is 0 Å². The molecule has 0 aliphatic heterocycles. The molecule has 5 heteroatoms. The Kier molecular flexibility index (Phi) is 4.47. The van der Waals surface area contributed by atoms with E-state index in [9.17, 15) is 13.2 Å². The minimum Gasteiger partial charge on any atom is -0.377 e. The number of nitrogens with one attached hydrogen (secondary N) is 1. The fraction of sp³-hybridized carbons (Fsp3) is 0.250. The quantitative estimate of drug-likeness (QED) is 0.750. The average molecular weight is 314 g/mol. The second-order valence-corrected chi connectivity index (χ2v) is 5.38. The van der Waals surface area contributed by atoms with Crippen molar-refractivity contribution in [1.29, 1.82) is 0 Å². The Morgan fingerprint density at radius 3 is 2.48 bits per heavy atom. The lowest BCUT2D eigenvalue weighted by molar-refractivity contribution is -0.137. The molecule has 0 heterocycles. The highest BCUT2D eigenvalue weighted by atomic mass is 35.5. The van der Waals surface area contributed by atoms with Gasteiger partial charge in [0.25, 0.3) is 0 Å². The van der Waals surface area contributed by atoms with Crippen LogP contribution in [-0.4, -0.2) is 0 Å². The molecule has 21 heavy (non-hydrogen) atoms. The molecule has 2 aromatic rings. The molecular formula is C16H15ClF3N. The molecule has 1 nitrogen and oxygen atoms in total. The molecule has 0 radical (unpaired) electrons. The van der Waals surface area contributed by atoms with Crippen molar-refractivity contribution in [3.63, 3.8) is 0 Å². The first-order chi connectivity index (χ1) is 9.77. The molecule has 1 atom stereocenters. The van der Waals surface area contributed by atoms with Gasteiger partial charge < -0.3 is 5.32 Å². The van der Waals surface area contributed by atoms with E-state index >= 15 is 0 Å². The van der Waals surface area contributed by atoms with Crippen molar-refractivity contribution in [1.82, 2.24) is 0 Å². The van der Waals surface area contributed by atoms with Crippen LogP contribution in [0.5, 0.6) is 0 Å². The number of alkyl halides is 3. The number of anilines is 1. The largest absolute Gasteiger partial charge is 0.416 e. The van der Waals surface area contributed by atoms with Crippen LogP contribution in [0, 0.1) is 6.92 Å². The first-order valence-electron chi connectivity index (χ1n) is 6.47. The van der Waals surface area contributed by atoms with E-state index in [0.717, 1.165) is 17.7 Å². The summed E-state index contributed by atoms with van der Waals surface area (Å²) < 4.78 is 38.2. The zero-order chi connectivity index (χ0) is 15.6. The van der Waals surface area contributed by atoms with E-state index in [4.69, 9.17) is 11.6 Å². The molecule has 1 unspecified atom stereocenters. The zero-order valence-corrected chi connectivity index (χ0v) is 12.4. The van der Waals surface area contributed by atoms with Crippen LogP contribution < -0.4 is 5.32 Å². The van der Waals surface area contributed by atoms with Gasteiger partial charge in [0.05, 0.1) is 16.3 Å². The molecular weight excluding hydrogens is 299 g/mol. The van der Waals surface area contributed by atoms with Crippen molar-refractivity contribution >= 4 is 17.3 Å². The molecule has 0 aliphatic rings. The Balaban J connectivity index is 2.24. The van der Waals surface area contributed by atoms with Crippen LogP contribution in [0.2, 0.25) is 5.02 Å². The van der Waals surface area contributed by atoms with Gasteiger partial charge in [-0.3, -0.25) is 0 Å².